The first-order valence-corrected chi connectivity index (χ1v) is 8.20. The van der Waals surface area contributed by atoms with Gasteiger partial charge in [-0.05, 0) is 17.5 Å². The highest BCUT2D eigenvalue weighted by Gasteiger charge is 2.19. The smallest absolute Gasteiger partial charge is 0.274 e. The largest absolute Gasteiger partial charge is 0.378 e. The summed E-state index contributed by atoms with van der Waals surface area (Å²) in [5, 5.41) is 3.28. The molecule has 1 N–H and O–H groups in total. The molecule has 3 rings (SSSR count). The van der Waals surface area contributed by atoms with Crippen LogP contribution < -0.4 is 5.32 Å². The molecule has 0 spiro atoms. The number of anilines is 2. The Morgan fingerprint density at radius 3 is 2.58 bits per heavy atom. The number of benzene rings is 1. The number of carbonyl (C=O) groups excluding carboxylic acids is 1. The fourth-order valence-corrected chi connectivity index (χ4v) is 2.68. The summed E-state index contributed by atoms with van der Waals surface area (Å²) in [6, 6.07) is 8.12. The quantitative estimate of drug-likeness (QED) is 0.936. The molecule has 0 aliphatic carbocycles. The van der Waals surface area contributed by atoms with Crippen LogP contribution in [0.2, 0.25) is 0 Å². The van der Waals surface area contributed by atoms with Crippen LogP contribution in [-0.4, -0.2) is 47.1 Å². The van der Waals surface area contributed by atoms with Gasteiger partial charge in [0.05, 0.1) is 25.6 Å². The minimum Gasteiger partial charge on any atom is -0.378 e. The second kappa shape index (κ2) is 7.40. The Morgan fingerprint density at radius 1 is 1.17 bits per heavy atom. The van der Waals surface area contributed by atoms with Crippen molar-refractivity contribution < 1.29 is 9.53 Å². The maximum Gasteiger partial charge on any atom is 0.274 e. The number of para-hydroxylation sites is 1. The van der Waals surface area contributed by atoms with Crippen LogP contribution in [0.3, 0.4) is 0 Å². The molecule has 1 amide bonds. The van der Waals surface area contributed by atoms with Crippen molar-refractivity contribution in [2.45, 2.75) is 19.8 Å². The lowest BCUT2D eigenvalue weighted by atomic mass is 10.0. The summed E-state index contributed by atoms with van der Waals surface area (Å²) < 4.78 is 5.26. The van der Waals surface area contributed by atoms with Crippen LogP contribution in [-0.2, 0) is 4.74 Å². The molecule has 0 saturated carbocycles. The molecule has 0 bridgehead atoms. The molecule has 1 aromatic heterocycles. The van der Waals surface area contributed by atoms with Gasteiger partial charge < -0.3 is 15.0 Å². The van der Waals surface area contributed by atoms with E-state index in [1.807, 2.05) is 18.2 Å². The van der Waals surface area contributed by atoms with E-state index < -0.39 is 0 Å². The molecule has 0 atom stereocenters. The first-order chi connectivity index (χ1) is 11.6. The Morgan fingerprint density at radius 2 is 1.92 bits per heavy atom. The molecular formula is C18H22N4O2. The summed E-state index contributed by atoms with van der Waals surface area (Å²) in [6.07, 6.45) is 3.13. The zero-order valence-corrected chi connectivity index (χ0v) is 14.0. The highest BCUT2D eigenvalue weighted by atomic mass is 16.5. The molecule has 6 heteroatoms. The molecule has 0 radical (unpaired) electrons. The molecule has 2 heterocycles. The molecule has 1 aromatic carbocycles. The molecule has 1 fully saturated rings. The third-order valence-electron chi connectivity index (χ3n) is 4.01. The number of amides is 1. The minimum atomic E-state index is -0.0973. The fourth-order valence-electron chi connectivity index (χ4n) is 2.68. The Balaban J connectivity index is 1.72. The highest BCUT2D eigenvalue weighted by molar-refractivity contribution is 5.92. The van der Waals surface area contributed by atoms with E-state index in [-0.39, 0.29) is 5.91 Å². The van der Waals surface area contributed by atoms with Gasteiger partial charge in [-0.3, -0.25) is 4.79 Å². The van der Waals surface area contributed by atoms with Crippen LogP contribution in [0.1, 0.15) is 35.8 Å². The van der Waals surface area contributed by atoms with Crippen LogP contribution in [0, 0.1) is 0 Å². The number of morpholine rings is 1. The maximum absolute atomic E-state index is 12.4. The van der Waals surface area contributed by atoms with E-state index in [1.165, 1.54) is 11.8 Å². The van der Waals surface area contributed by atoms with Crippen molar-refractivity contribution in [2.75, 3.05) is 31.6 Å². The van der Waals surface area contributed by atoms with E-state index in [4.69, 9.17) is 4.74 Å². The van der Waals surface area contributed by atoms with Crippen LogP contribution in [0.5, 0.6) is 0 Å². The van der Waals surface area contributed by atoms with Crippen LogP contribution in [0.25, 0.3) is 0 Å². The van der Waals surface area contributed by atoms with Gasteiger partial charge >= 0.3 is 0 Å². The van der Waals surface area contributed by atoms with Crippen molar-refractivity contribution in [1.29, 1.82) is 0 Å². The number of nitrogens with zero attached hydrogens (tertiary/aromatic N) is 3. The van der Waals surface area contributed by atoms with E-state index in [1.54, 1.807) is 11.1 Å². The number of ether oxygens (including phenoxy) is 1. The van der Waals surface area contributed by atoms with E-state index >= 15 is 0 Å². The standard InChI is InChI=1S/C18H22N4O2/c1-13(2)14-5-3-4-6-15(14)21-17-12-19-16(11-20-17)18(23)22-7-9-24-10-8-22/h3-6,11-13H,7-10H2,1-2H3,(H,20,21). The lowest BCUT2D eigenvalue weighted by Crippen LogP contribution is -2.41. The van der Waals surface area contributed by atoms with E-state index in [0.717, 1.165) is 5.69 Å². The second-order valence-electron chi connectivity index (χ2n) is 6.06. The topological polar surface area (TPSA) is 67.4 Å². The SMILES string of the molecule is CC(C)c1ccccc1Nc1cnc(C(=O)N2CCOCC2)cn1. The van der Waals surface area contributed by atoms with Crippen molar-refractivity contribution >= 4 is 17.4 Å². The lowest BCUT2D eigenvalue weighted by Gasteiger charge is -2.26. The summed E-state index contributed by atoms with van der Waals surface area (Å²) in [4.78, 5) is 22.7. The normalized spacial score (nSPS) is 14.7. The number of rotatable bonds is 4. The van der Waals surface area contributed by atoms with Gasteiger partial charge in [0, 0.05) is 18.8 Å². The Bertz CT molecular complexity index is 694. The average molecular weight is 326 g/mol. The first-order valence-electron chi connectivity index (χ1n) is 8.20. The number of aromatic nitrogens is 2. The van der Waals surface area contributed by atoms with Crippen LogP contribution in [0.4, 0.5) is 11.5 Å². The maximum atomic E-state index is 12.4. The van der Waals surface area contributed by atoms with Gasteiger partial charge in [-0.1, -0.05) is 32.0 Å². The summed E-state index contributed by atoms with van der Waals surface area (Å²) >= 11 is 0. The second-order valence-corrected chi connectivity index (χ2v) is 6.06. The van der Waals surface area contributed by atoms with Gasteiger partial charge in [0.1, 0.15) is 11.5 Å². The molecule has 126 valence electrons. The summed E-state index contributed by atoms with van der Waals surface area (Å²) in [7, 11) is 0. The van der Waals surface area contributed by atoms with Crippen molar-refractivity contribution in [1.82, 2.24) is 14.9 Å². The zero-order valence-electron chi connectivity index (χ0n) is 14.0. The Kier molecular flexibility index (Phi) is 5.05. The molecule has 6 nitrogen and oxygen atoms in total. The minimum absolute atomic E-state index is 0.0973. The van der Waals surface area contributed by atoms with Gasteiger partial charge in [-0.15, -0.1) is 0 Å². The Hall–Kier alpha value is -2.47. The molecule has 2 aromatic rings. The van der Waals surface area contributed by atoms with Crippen molar-refractivity contribution in [3.05, 3.63) is 47.9 Å². The number of carbonyl (C=O) groups is 1. The Labute approximate surface area is 141 Å². The van der Waals surface area contributed by atoms with E-state index in [0.29, 0.717) is 43.7 Å². The molecule has 1 saturated heterocycles. The third-order valence-corrected chi connectivity index (χ3v) is 4.01. The molecular weight excluding hydrogens is 304 g/mol. The third kappa shape index (κ3) is 3.71. The van der Waals surface area contributed by atoms with Crippen LogP contribution in [0.15, 0.2) is 36.7 Å². The fraction of sp³-hybridized carbons (Fsp3) is 0.389. The van der Waals surface area contributed by atoms with Gasteiger partial charge in [0.2, 0.25) is 0 Å². The first kappa shape index (κ1) is 16.4. The molecule has 1 aliphatic rings. The molecule has 24 heavy (non-hydrogen) atoms. The van der Waals surface area contributed by atoms with Gasteiger partial charge in [-0.25, -0.2) is 9.97 Å². The van der Waals surface area contributed by atoms with Gasteiger partial charge in [0.15, 0.2) is 0 Å². The van der Waals surface area contributed by atoms with Gasteiger partial charge in [-0.2, -0.15) is 0 Å². The molecule has 1 aliphatic heterocycles. The highest BCUT2D eigenvalue weighted by Crippen LogP contribution is 2.25. The molecule has 0 unspecified atom stereocenters. The summed E-state index contributed by atoms with van der Waals surface area (Å²) in [6.45, 7) is 6.65. The lowest BCUT2D eigenvalue weighted by molar-refractivity contribution is 0.0298. The van der Waals surface area contributed by atoms with Crippen molar-refractivity contribution in [3.63, 3.8) is 0 Å². The summed E-state index contributed by atoms with van der Waals surface area (Å²) in [5.74, 6) is 0.936. The van der Waals surface area contributed by atoms with Crippen molar-refractivity contribution in [2.24, 2.45) is 0 Å². The predicted molar refractivity (Wildman–Crippen MR) is 92.6 cm³/mol. The summed E-state index contributed by atoms with van der Waals surface area (Å²) in [5.41, 5.74) is 2.58. The number of nitrogens with one attached hydrogen (secondary N) is 1. The van der Waals surface area contributed by atoms with Crippen LogP contribution >= 0.6 is 0 Å². The van der Waals surface area contributed by atoms with E-state index in [9.17, 15) is 4.79 Å². The zero-order chi connectivity index (χ0) is 16.9. The monoisotopic (exact) mass is 326 g/mol. The number of hydrogen-bond acceptors (Lipinski definition) is 5. The van der Waals surface area contributed by atoms with Gasteiger partial charge in [0.25, 0.3) is 5.91 Å². The van der Waals surface area contributed by atoms with E-state index in [2.05, 4.69) is 35.2 Å². The average Bonchev–Trinajstić information content (AvgIpc) is 2.63. The van der Waals surface area contributed by atoms with Crippen molar-refractivity contribution in [3.8, 4) is 0 Å². The number of hydrogen-bond donors (Lipinski definition) is 1. The predicted octanol–water partition coefficient (Wildman–Crippen LogP) is 2.82.